The van der Waals surface area contributed by atoms with Crippen LogP contribution in [-0.4, -0.2) is 42.0 Å². The van der Waals surface area contributed by atoms with Gasteiger partial charge in [-0.1, -0.05) is 0 Å². The Kier molecular flexibility index (Phi) is 4.50. The lowest BCUT2D eigenvalue weighted by Crippen LogP contribution is -2.49. The molecule has 0 aromatic heterocycles. The molecule has 0 heterocycles. The van der Waals surface area contributed by atoms with Gasteiger partial charge in [0, 0.05) is 0 Å². The summed E-state index contributed by atoms with van der Waals surface area (Å²) in [6.07, 6.45) is -1.28. The molecule has 84 valence electrons. The fourth-order valence-corrected chi connectivity index (χ4v) is 1.59. The van der Waals surface area contributed by atoms with E-state index in [1.165, 1.54) is 20.8 Å². The molecule has 6 nitrogen and oxygen atoms in total. The summed E-state index contributed by atoms with van der Waals surface area (Å²) in [7, 11) is -3.68. The van der Waals surface area contributed by atoms with Gasteiger partial charge in [-0.3, -0.25) is 4.79 Å². The van der Waals surface area contributed by atoms with Crippen molar-refractivity contribution in [3.63, 3.8) is 0 Å². The van der Waals surface area contributed by atoms with Gasteiger partial charge in [0.2, 0.25) is 10.0 Å². The normalized spacial score (nSPS) is 16.6. The summed E-state index contributed by atoms with van der Waals surface area (Å²) in [5.74, 6) is -1.40. The Labute approximate surface area is 83.0 Å². The number of carbonyl (C=O) groups is 1. The molecule has 0 radical (unpaired) electrons. The molecule has 2 atom stereocenters. The van der Waals surface area contributed by atoms with E-state index in [-0.39, 0.29) is 0 Å². The summed E-state index contributed by atoms with van der Waals surface area (Å²) >= 11 is 0. The summed E-state index contributed by atoms with van der Waals surface area (Å²) in [6.45, 7) is 4.05. The van der Waals surface area contributed by atoms with Crippen LogP contribution in [0.5, 0.6) is 0 Å². The minimum Gasteiger partial charge on any atom is -0.480 e. The van der Waals surface area contributed by atoms with Crippen molar-refractivity contribution in [3.8, 4) is 0 Å². The number of aliphatic hydroxyl groups is 1. The first-order valence-electron chi connectivity index (χ1n) is 4.10. The molecule has 7 heteroatoms. The number of aliphatic hydroxyl groups excluding tert-OH is 1. The molecule has 0 fully saturated rings. The van der Waals surface area contributed by atoms with Crippen LogP contribution >= 0.6 is 0 Å². The van der Waals surface area contributed by atoms with Crippen LogP contribution in [0.4, 0.5) is 0 Å². The molecule has 0 rings (SSSR count). The van der Waals surface area contributed by atoms with Crippen molar-refractivity contribution < 1.29 is 23.4 Å². The monoisotopic (exact) mass is 225 g/mol. The Hall–Kier alpha value is -0.660. The first-order valence-corrected chi connectivity index (χ1v) is 5.65. The maximum Gasteiger partial charge on any atom is 0.324 e. The molecule has 0 aromatic rings. The molecule has 0 saturated carbocycles. The van der Waals surface area contributed by atoms with E-state index in [9.17, 15) is 13.2 Å². The number of hydrogen-bond acceptors (Lipinski definition) is 4. The van der Waals surface area contributed by atoms with E-state index >= 15 is 0 Å². The highest BCUT2D eigenvalue weighted by Gasteiger charge is 2.29. The number of aliphatic carboxylic acids is 1. The molecular formula is C7H15NO5S. The molecular weight excluding hydrogens is 210 g/mol. The highest BCUT2D eigenvalue weighted by Crippen LogP contribution is 2.01. The van der Waals surface area contributed by atoms with Crippen molar-refractivity contribution >= 4 is 16.0 Å². The highest BCUT2D eigenvalue weighted by molar-refractivity contribution is 7.90. The third kappa shape index (κ3) is 3.60. The largest absolute Gasteiger partial charge is 0.480 e. The summed E-state index contributed by atoms with van der Waals surface area (Å²) in [4.78, 5) is 10.6. The second-order valence-corrected chi connectivity index (χ2v) is 5.54. The lowest BCUT2D eigenvalue weighted by Gasteiger charge is -2.18. The van der Waals surface area contributed by atoms with E-state index in [1.807, 2.05) is 4.72 Å². The second kappa shape index (κ2) is 4.72. The molecule has 0 bridgehead atoms. The van der Waals surface area contributed by atoms with Gasteiger partial charge in [-0.05, 0) is 20.8 Å². The smallest absolute Gasteiger partial charge is 0.324 e. The first-order chi connectivity index (χ1) is 6.18. The van der Waals surface area contributed by atoms with Gasteiger partial charge in [0.25, 0.3) is 0 Å². The summed E-state index contributed by atoms with van der Waals surface area (Å²) in [6, 6.07) is -1.50. The van der Waals surface area contributed by atoms with Crippen molar-refractivity contribution in [1.29, 1.82) is 0 Å². The fraction of sp³-hybridized carbons (Fsp3) is 0.857. The highest BCUT2D eigenvalue weighted by atomic mass is 32.2. The zero-order chi connectivity index (χ0) is 11.5. The van der Waals surface area contributed by atoms with Gasteiger partial charge in [-0.15, -0.1) is 0 Å². The number of carboxylic acids is 1. The minimum absolute atomic E-state index is 0.733. The quantitative estimate of drug-likeness (QED) is 0.565. The third-order valence-corrected chi connectivity index (χ3v) is 3.48. The maximum atomic E-state index is 11.3. The predicted molar refractivity (Wildman–Crippen MR) is 50.3 cm³/mol. The van der Waals surface area contributed by atoms with Crippen molar-refractivity contribution in [2.45, 2.75) is 38.2 Å². The van der Waals surface area contributed by atoms with Gasteiger partial charge in [0.15, 0.2) is 0 Å². The molecule has 0 spiro atoms. The van der Waals surface area contributed by atoms with E-state index in [0.717, 1.165) is 0 Å². The standard InChI is InChI=1S/C7H15NO5S/c1-4(2)14(12,13)8-6(5(3)9)7(10)11/h4-6,8-9H,1-3H3,(H,10,11)/t5-,6+/m1/s1. The molecule has 14 heavy (non-hydrogen) atoms. The molecule has 0 aliphatic heterocycles. The SMILES string of the molecule is CC(C)S(=O)(=O)N[C@H](C(=O)O)[C@@H](C)O. The van der Waals surface area contributed by atoms with E-state index < -0.39 is 33.4 Å². The second-order valence-electron chi connectivity index (χ2n) is 3.27. The number of nitrogens with one attached hydrogen (secondary N) is 1. The lowest BCUT2D eigenvalue weighted by atomic mass is 10.2. The molecule has 0 aromatic carbocycles. The molecule has 0 amide bonds. The predicted octanol–water partition coefficient (Wildman–Crippen LogP) is -0.852. The van der Waals surface area contributed by atoms with Crippen LogP contribution in [0.1, 0.15) is 20.8 Å². The van der Waals surface area contributed by atoms with Crippen LogP contribution < -0.4 is 4.72 Å². The van der Waals surface area contributed by atoms with Gasteiger partial charge in [-0.2, -0.15) is 4.72 Å². The van der Waals surface area contributed by atoms with Crippen LogP contribution in [-0.2, 0) is 14.8 Å². The Bertz CT molecular complexity index is 295. The van der Waals surface area contributed by atoms with Crippen LogP contribution in [0.25, 0.3) is 0 Å². The van der Waals surface area contributed by atoms with Crippen LogP contribution in [0, 0.1) is 0 Å². The first kappa shape index (κ1) is 13.3. The minimum atomic E-state index is -3.68. The average molecular weight is 225 g/mol. The summed E-state index contributed by atoms with van der Waals surface area (Å²) in [5, 5.41) is 16.9. The number of sulfonamides is 1. The van der Waals surface area contributed by atoms with Crippen molar-refractivity contribution in [2.24, 2.45) is 0 Å². The number of hydrogen-bond donors (Lipinski definition) is 3. The van der Waals surface area contributed by atoms with Gasteiger partial charge in [-0.25, -0.2) is 8.42 Å². The average Bonchev–Trinajstić information content (AvgIpc) is 1.98. The fourth-order valence-electron chi connectivity index (χ4n) is 0.668. The van der Waals surface area contributed by atoms with E-state index in [0.29, 0.717) is 0 Å². The molecule has 0 aliphatic carbocycles. The van der Waals surface area contributed by atoms with Crippen LogP contribution in [0.3, 0.4) is 0 Å². The van der Waals surface area contributed by atoms with Crippen molar-refractivity contribution in [3.05, 3.63) is 0 Å². The molecule has 0 saturated heterocycles. The van der Waals surface area contributed by atoms with Gasteiger partial charge in [0.1, 0.15) is 6.04 Å². The van der Waals surface area contributed by atoms with Gasteiger partial charge in [0.05, 0.1) is 11.4 Å². The van der Waals surface area contributed by atoms with E-state index in [4.69, 9.17) is 10.2 Å². The number of rotatable bonds is 5. The molecule has 0 unspecified atom stereocenters. The van der Waals surface area contributed by atoms with E-state index in [1.54, 1.807) is 0 Å². The Balaban J connectivity index is 4.71. The van der Waals surface area contributed by atoms with E-state index in [2.05, 4.69) is 0 Å². The van der Waals surface area contributed by atoms with Crippen LogP contribution in [0.2, 0.25) is 0 Å². The van der Waals surface area contributed by atoms with Gasteiger partial charge >= 0.3 is 5.97 Å². The number of carboxylic acid groups (broad SMARTS) is 1. The topological polar surface area (TPSA) is 104 Å². The zero-order valence-electron chi connectivity index (χ0n) is 8.26. The summed E-state index contributed by atoms with van der Waals surface area (Å²) in [5.41, 5.74) is 0. The van der Waals surface area contributed by atoms with Crippen LogP contribution in [0.15, 0.2) is 0 Å². The lowest BCUT2D eigenvalue weighted by molar-refractivity contribution is -0.141. The molecule has 0 aliphatic rings. The maximum absolute atomic E-state index is 11.3. The Morgan fingerprint density at radius 1 is 1.29 bits per heavy atom. The Morgan fingerprint density at radius 3 is 1.93 bits per heavy atom. The Morgan fingerprint density at radius 2 is 1.71 bits per heavy atom. The third-order valence-electron chi connectivity index (χ3n) is 1.66. The zero-order valence-corrected chi connectivity index (χ0v) is 9.08. The summed E-state index contributed by atoms with van der Waals surface area (Å²) < 4.78 is 24.4. The van der Waals surface area contributed by atoms with Crippen molar-refractivity contribution in [1.82, 2.24) is 4.72 Å². The van der Waals surface area contributed by atoms with Gasteiger partial charge < -0.3 is 10.2 Å². The molecule has 3 N–H and O–H groups in total. The van der Waals surface area contributed by atoms with Crippen molar-refractivity contribution in [2.75, 3.05) is 0 Å².